The highest BCUT2D eigenvalue weighted by molar-refractivity contribution is 8.25. The van der Waals surface area contributed by atoms with Crippen molar-refractivity contribution in [1.82, 2.24) is 34.9 Å². The predicted molar refractivity (Wildman–Crippen MR) is 178 cm³/mol. The van der Waals surface area contributed by atoms with Crippen molar-refractivity contribution in [3.8, 4) is 33.6 Å². The Morgan fingerprint density at radius 3 is 2.58 bits per heavy atom. The summed E-state index contributed by atoms with van der Waals surface area (Å²) in [6.07, 6.45) is 13.3. The maximum absolute atomic E-state index is 14.7. The van der Waals surface area contributed by atoms with E-state index in [-0.39, 0.29) is 5.82 Å². The number of benzene rings is 1. The van der Waals surface area contributed by atoms with Gasteiger partial charge in [-0.3, -0.25) is 19.8 Å². The summed E-state index contributed by atoms with van der Waals surface area (Å²) in [5.74, 6) is 8.35. The third kappa shape index (κ3) is 5.67. The SMILES string of the molecule is C=C(Nc1cncc(-c2cnc3n[nH]c(-c4cc5c(-c6cc(F)cc(CNS(=C)(=C)C)c6)cncc5[nH]4)c3c2)c1)C1CC1. The number of rotatable bonds is 9. The zero-order valence-corrected chi connectivity index (χ0v) is 24.6. The number of nitrogens with zero attached hydrogens (tertiary/aromatic N) is 4. The van der Waals surface area contributed by atoms with Crippen LogP contribution in [-0.4, -0.2) is 48.1 Å². The average Bonchev–Trinajstić information content (AvgIpc) is 3.61. The third-order valence-electron chi connectivity index (χ3n) is 7.56. The van der Waals surface area contributed by atoms with Crippen LogP contribution in [0, 0.1) is 11.7 Å². The molecule has 0 saturated heterocycles. The van der Waals surface area contributed by atoms with E-state index in [2.05, 4.69) is 70.6 Å². The minimum atomic E-state index is -1.43. The first kappa shape index (κ1) is 27.1. The van der Waals surface area contributed by atoms with Crippen molar-refractivity contribution < 1.29 is 4.39 Å². The maximum Gasteiger partial charge on any atom is 0.181 e. The molecule has 216 valence electrons. The molecular formula is C33H31FN8S. The normalized spacial score (nSPS) is 13.5. The molecule has 1 aliphatic carbocycles. The van der Waals surface area contributed by atoms with Crippen LogP contribution in [-0.2, 0) is 6.54 Å². The molecule has 1 fully saturated rings. The molecule has 8 nitrogen and oxygen atoms in total. The summed E-state index contributed by atoms with van der Waals surface area (Å²) in [5, 5.41) is 12.8. The molecule has 0 radical (unpaired) electrons. The van der Waals surface area contributed by atoms with Crippen LogP contribution in [0.5, 0.6) is 0 Å². The smallest absolute Gasteiger partial charge is 0.181 e. The Hall–Kier alpha value is -4.80. The minimum Gasteiger partial charge on any atom is -0.358 e. The van der Waals surface area contributed by atoms with E-state index in [0.29, 0.717) is 18.1 Å². The molecular weight excluding hydrogens is 559 g/mol. The van der Waals surface area contributed by atoms with E-state index in [1.165, 1.54) is 25.0 Å². The molecule has 0 bridgehead atoms. The fourth-order valence-electron chi connectivity index (χ4n) is 5.23. The number of hydrogen-bond acceptors (Lipinski definition) is 6. The van der Waals surface area contributed by atoms with E-state index in [1.54, 1.807) is 24.8 Å². The van der Waals surface area contributed by atoms with Gasteiger partial charge in [0.05, 0.1) is 35.0 Å². The quantitative estimate of drug-likeness (QED) is 0.135. The molecule has 0 spiro atoms. The average molecular weight is 591 g/mol. The van der Waals surface area contributed by atoms with E-state index in [1.807, 2.05) is 24.6 Å². The van der Waals surface area contributed by atoms with E-state index in [9.17, 15) is 4.39 Å². The van der Waals surface area contributed by atoms with Gasteiger partial charge < -0.3 is 10.3 Å². The van der Waals surface area contributed by atoms with Crippen molar-refractivity contribution in [3.63, 3.8) is 0 Å². The first-order valence-electron chi connectivity index (χ1n) is 13.9. The van der Waals surface area contributed by atoms with Crippen LogP contribution in [0.2, 0.25) is 0 Å². The Balaban J connectivity index is 1.25. The van der Waals surface area contributed by atoms with E-state index in [0.717, 1.165) is 66.9 Å². The molecule has 4 N–H and O–H groups in total. The zero-order chi connectivity index (χ0) is 29.7. The Morgan fingerprint density at radius 1 is 0.953 bits per heavy atom. The molecule has 7 rings (SSSR count). The van der Waals surface area contributed by atoms with Crippen molar-refractivity contribution in [1.29, 1.82) is 0 Å². The van der Waals surface area contributed by atoms with Crippen LogP contribution in [0.3, 0.4) is 0 Å². The summed E-state index contributed by atoms with van der Waals surface area (Å²) in [6.45, 7) is 4.64. The Labute approximate surface area is 249 Å². The number of halogens is 1. The number of aromatic amines is 2. The second kappa shape index (κ2) is 10.5. The molecule has 0 aliphatic heterocycles. The van der Waals surface area contributed by atoms with Crippen molar-refractivity contribution in [3.05, 3.63) is 91.0 Å². The second-order valence-corrected chi connectivity index (χ2v) is 14.2. The van der Waals surface area contributed by atoms with Crippen LogP contribution < -0.4 is 10.0 Å². The number of H-pyrrole nitrogens is 2. The van der Waals surface area contributed by atoms with Gasteiger partial charge >= 0.3 is 0 Å². The van der Waals surface area contributed by atoms with Crippen LogP contribution >= 0.6 is 9.39 Å². The van der Waals surface area contributed by atoms with Gasteiger partial charge in [-0.2, -0.15) is 14.5 Å². The molecule has 1 aliphatic rings. The number of anilines is 1. The van der Waals surface area contributed by atoms with E-state index in [4.69, 9.17) is 0 Å². The molecule has 0 atom stereocenters. The summed E-state index contributed by atoms with van der Waals surface area (Å²) < 4.78 is 18.0. The molecule has 1 aromatic carbocycles. The number of allylic oxidation sites excluding steroid dienone is 1. The maximum atomic E-state index is 14.7. The topological polar surface area (TPSA) is 107 Å². The summed E-state index contributed by atoms with van der Waals surface area (Å²) in [7, 11) is -1.43. The van der Waals surface area contributed by atoms with Gasteiger partial charge in [0.25, 0.3) is 0 Å². The van der Waals surface area contributed by atoms with Gasteiger partial charge in [-0.05, 0) is 72.5 Å². The summed E-state index contributed by atoms with van der Waals surface area (Å²) in [4.78, 5) is 17.0. The molecule has 5 heterocycles. The molecule has 43 heavy (non-hydrogen) atoms. The first-order chi connectivity index (χ1) is 20.7. The van der Waals surface area contributed by atoms with Crippen LogP contribution in [0.15, 0.2) is 79.7 Å². The first-order valence-corrected chi connectivity index (χ1v) is 16.3. The number of nitrogens with one attached hydrogen (secondary N) is 4. The van der Waals surface area contributed by atoms with Gasteiger partial charge in [-0.1, -0.05) is 18.3 Å². The summed E-state index contributed by atoms with van der Waals surface area (Å²) >= 11 is 0. The highest BCUT2D eigenvalue weighted by atomic mass is 32.2. The number of aromatic nitrogens is 6. The highest BCUT2D eigenvalue weighted by Crippen LogP contribution is 2.37. The Bertz CT molecular complexity index is 2140. The predicted octanol–water partition coefficient (Wildman–Crippen LogP) is 7.01. The van der Waals surface area contributed by atoms with Gasteiger partial charge in [0.1, 0.15) is 5.82 Å². The number of fused-ring (bicyclic) bond motifs is 2. The van der Waals surface area contributed by atoms with Gasteiger partial charge in [-0.15, -0.1) is 0 Å². The second-order valence-electron chi connectivity index (χ2n) is 11.4. The molecule has 0 unspecified atom stereocenters. The highest BCUT2D eigenvalue weighted by Gasteiger charge is 2.24. The molecule has 10 heteroatoms. The summed E-state index contributed by atoms with van der Waals surface area (Å²) in [5.41, 5.74) is 9.24. The lowest BCUT2D eigenvalue weighted by Gasteiger charge is -2.12. The van der Waals surface area contributed by atoms with Crippen LogP contribution in [0.4, 0.5) is 10.1 Å². The fourth-order valence-corrected chi connectivity index (χ4v) is 5.74. The lowest BCUT2D eigenvalue weighted by atomic mass is 10.0. The molecule has 5 aromatic heterocycles. The lowest BCUT2D eigenvalue weighted by Crippen LogP contribution is -2.08. The molecule has 6 aromatic rings. The lowest BCUT2D eigenvalue weighted by molar-refractivity contribution is 0.625. The number of pyridine rings is 3. The van der Waals surface area contributed by atoms with Crippen LogP contribution in [0.1, 0.15) is 18.4 Å². The Kier molecular flexibility index (Phi) is 6.60. The van der Waals surface area contributed by atoms with Crippen molar-refractivity contribution >= 4 is 48.8 Å². The minimum absolute atomic E-state index is 0.310. The standard InChI is InChI=1S/C33H31FN8S/c1-19(21-5-6-21)39-26-10-23(14-35-16-26)24-11-28-32(41-42-33(28)37-15-24)30-12-27-29(17-36-18-31(27)40-30)22-7-20(8-25(34)9-22)13-38-43(2,3)4/h7-12,14-18,21,38-40H,1-3,5-6,13H2,4H3,(H,37,41,42). The van der Waals surface area contributed by atoms with Crippen molar-refractivity contribution in [2.75, 3.05) is 11.6 Å². The monoisotopic (exact) mass is 590 g/mol. The number of hydrogen-bond donors (Lipinski definition) is 4. The fraction of sp³-hybridized carbons (Fsp3) is 0.152. The van der Waals surface area contributed by atoms with E-state index >= 15 is 0 Å². The van der Waals surface area contributed by atoms with Gasteiger partial charge in [0.15, 0.2) is 5.65 Å². The zero-order valence-electron chi connectivity index (χ0n) is 23.7. The van der Waals surface area contributed by atoms with E-state index < -0.39 is 9.39 Å². The Morgan fingerprint density at radius 2 is 1.77 bits per heavy atom. The van der Waals surface area contributed by atoms with Gasteiger partial charge in [-0.25, -0.2) is 9.37 Å². The van der Waals surface area contributed by atoms with Crippen LogP contribution in [0.25, 0.3) is 55.6 Å². The van der Waals surface area contributed by atoms with Crippen molar-refractivity contribution in [2.45, 2.75) is 19.4 Å². The molecule has 1 saturated carbocycles. The van der Waals surface area contributed by atoms with Gasteiger partial charge in [0.2, 0.25) is 0 Å². The molecule has 0 amide bonds. The van der Waals surface area contributed by atoms with Crippen molar-refractivity contribution in [2.24, 2.45) is 5.92 Å². The summed E-state index contributed by atoms with van der Waals surface area (Å²) in [6, 6.07) is 11.2. The largest absolute Gasteiger partial charge is 0.358 e. The third-order valence-corrected chi connectivity index (χ3v) is 8.41. The van der Waals surface area contributed by atoms with Gasteiger partial charge in [0, 0.05) is 58.3 Å².